The van der Waals surface area contributed by atoms with E-state index in [0.717, 1.165) is 24.1 Å². The number of rotatable bonds is 4. The molecule has 34 heavy (non-hydrogen) atoms. The van der Waals surface area contributed by atoms with Crippen molar-refractivity contribution in [2.45, 2.75) is 44.1 Å². The second-order valence-corrected chi connectivity index (χ2v) is 9.43. The third-order valence-corrected chi connectivity index (χ3v) is 7.34. The molecule has 3 aromatic rings. The van der Waals surface area contributed by atoms with Gasteiger partial charge in [-0.15, -0.1) is 0 Å². The van der Waals surface area contributed by atoms with Gasteiger partial charge in [0.1, 0.15) is 0 Å². The van der Waals surface area contributed by atoms with Crippen molar-refractivity contribution in [1.82, 2.24) is 4.98 Å². The largest absolute Gasteiger partial charge is 0.393 e. The minimum atomic E-state index is -0.372. The zero-order chi connectivity index (χ0) is 23.7. The lowest BCUT2D eigenvalue weighted by molar-refractivity contribution is 0.0675. The maximum atomic E-state index is 13.2. The van der Waals surface area contributed by atoms with Crippen LogP contribution in [0.4, 0.5) is 5.69 Å². The maximum Gasteiger partial charge on any atom is 0.255 e. The van der Waals surface area contributed by atoms with E-state index >= 15 is 0 Å². The van der Waals surface area contributed by atoms with Gasteiger partial charge in [0.15, 0.2) is 5.78 Å². The molecule has 5 heteroatoms. The van der Waals surface area contributed by atoms with Crippen molar-refractivity contribution in [2.75, 3.05) is 5.32 Å². The average Bonchev–Trinajstić information content (AvgIpc) is 2.96. The first kappa shape index (κ1) is 22.2. The van der Waals surface area contributed by atoms with Gasteiger partial charge in [0.25, 0.3) is 5.91 Å². The molecule has 2 aliphatic rings. The minimum absolute atomic E-state index is 0.0411. The van der Waals surface area contributed by atoms with Gasteiger partial charge < -0.3 is 10.4 Å². The molecule has 2 aliphatic carbocycles. The molecule has 0 bridgehead atoms. The summed E-state index contributed by atoms with van der Waals surface area (Å²) >= 11 is 0. The van der Waals surface area contributed by atoms with E-state index < -0.39 is 0 Å². The fraction of sp³-hybridized carbons (Fsp3) is 0.276. The smallest absolute Gasteiger partial charge is 0.255 e. The van der Waals surface area contributed by atoms with E-state index in [9.17, 15) is 14.7 Å². The molecule has 1 aromatic heterocycles. The Bertz CT molecular complexity index is 1270. The van der Waals surface area contributed by atoms with Crippen LogP contribution in [0.2, 0.25) is 0 Å². The summed E-state index contributed by atoms with van der Waals surface area (Å²) in [6, 6.07) is 19.4. The molecule has 0 aliphatic heterocycles. The highest BCUT2D eigenvalue weighted by Gasteiger charge is 2.46. The molecule has 5 rings (SSSR count). The second-order valence-electron chi connectivity index (χ2n) is 9.43. The van der Waals surface area contributed by atoms with Gasteiger partial charge in [-0.2, -0.15) is 0 Å². The molecule has 1 heterocycles. The maximum absolute atomic E-state index is 13.2. The number of anilines is 1. The van der Waals surface area contributed by atoms with Crippen molar-refractivity contribution in [3.63, 3.8) is 0 Å². The molecule has 0 radical (unpaired) electrons. The number of carbonyl (C=O) groups excluding carboxylic acids is 2. The van der Waals surface area contributed by atoms with Crippen LogP contribution in [-0.4, -0.2) is 27.9 Å². The number of nitrogens with zero attached hydrogens (tertiary/aromatic N) is 1. The number of aromatic nitrogens is 1. The van der Waals surface area contributed by atoms with Gasteiger partial charge in [0.05, 0.1) is 17.5 Å². The highest BCUT2D eigenvalue weighted by atomic mass is 16.3. The number of fused-ring (bicyclic) bond motifs is 3. The zero-order valence-electron chi connectivity index (χ0n) is 19.2. The van der Waals surface area contributed by atoms with Gasteiger partial charge in [0, 0.05) is 22.7 Å². The zero-order valence-corrected chi connectivity index (χ0v) is 19.2. The Morgan fingerprint density at radius 1 is 1.15 bits per heavy atom. The molecule has 0 spiro atoms. The van der Waals surface area contributed by atoms with Crippen LogP contribution in [-0.2, 0) is 11.8 Å². The van der Waals surface area contributed by atoms with E-state index in [-0.39, 0.29) is 29.1 Å². The molecule has 3 unspecified atom stereocenters. The number of carbonyl (C=O) groups is 2. The highest BCUT2D eigenvalue weighted by Crippen LogP contribution is 2.49. The van der Waals surface area contributed by atoms with Crippen LogP contribution in [0.5, 0.6) is 0 Å². The van der Waals surface area contributed by atoms with Crippen LogP contribution in [0.3, 0.4) is 0 Å². The summed E-state index contributed by atoms with van der Waals surface area (Å²) in [4.78, 5) is 30.5. The van der Waals surface area contributed by atoms with E-state index in [1.165, 1.54) is 5.56 Å². The summed E-state index contributed by atoms with van der Waals surface area (Å²) in [7, 11) is 0. The molecule has 1 amide bonds. The van der Waals surface area contributed by atoms with Crippen LogP contribution in [0.25, 0.3) is 0 Å². The SMILES string of the molecule is Cc1ncccc1NC(=O)c1ccc2c(c1)C(=O)C=CC1CC(O)CCC21Cc1ccccc1. The highest BCUT2D eigenvalue weighted by molar-refractivity contribution is 6.10. The number of aliphatic hydroxyl groups excluding tert-OH is 1. The molecule has 1 saturated carbocycles. The Labute approximate surface area is 199 Å². The number of pyridine rings is 1. The molecule has 5 nitrogen and oxygen atoms in total. The summed E-state index contributed by atoms with van der Waals surface area (Å²) in [5.41, 5.74) is 4.25. The van der Waals surface area contributed by atoms with Gasteiger partial charge in [-0.25, -0.2) is 0 Å². The molecule has 1 fully saturated rings. The van der Waals surface area contributed by atoms with Gasteiger partial charge in [0.2, 0.25) is 0 Å². The van der Waals surface area contributed by atoms with Crippen LogP contribution in [0.15, 0.2) is 79.0 Å². The lowest BCUT2D eigenvalue weighted by Gasteiger charge is -2.45. The first-order valence-corrected chi connectivity index (χ1v) is 11.8. The predicted octanol–water partition coefficient (Wildman–Crippen LogP) is 5.04. The number of ketones is 1. The van der Waals surface area contributed by atoms with Crippen LogP contribution in [0.1, 0.15) is 56.8 Å². The molecular weight excluding hydrogens is 424 g/mol. The Hall–Kier alpha value is -3.57. The lowest BCUT2D eigenvalue weighted by Crippen LogP contribution is -2.43. The van der Waals surface area contributed by atoms with Crippen LogP contribution < -0.4 is 5.32 Å². The third-order valence-electron chi connectivity index (χ3n) is 7.34. The molecule has 172 valence electrons. The first-order valence-electron chi connectivity index (χ1n) is 11.8. The fourth-order valence-electron chi connectivity index (χ4n) is 5.55. The average molecular weight is 453 g/mol. The van der Waals surface area contributed by atoms with Gasteiger partial charge >= 0.3 is 0 Å². The predicted molar refractivity (Wildman–Crippen MR) is 132 cm³/mol. The Morgan fingerprint density at radius 2 is 1.97 bits per heavy atom. The molecule has 3 atom stereocenters. The number of hydrogen-bond donors (Lipinski definition) is 2. The van der Waals surface area contributed by atoms with Crippen molar-refractivity contribution in [3.05, 3.63) is 107 Å². The number of benzene rings is 2. The summed E-state index contributed by atoms with van der Waals surface area (Å²) in [6.45, 7) is 1.84. The Morgan fingerprint density at radius 3 is 2.76 bits per heavy atom. The van der Waals surface area contributed by atoms with E-state index in [2.05, 4.69) is 22.4 Å². The van der Waals surface area contributed by atoms with Crippen molar-refractivity contribution in [1.29, 1.82) is 0 Å². The van der Waals surface area contributed by atoms with Gasteiger partial charge in [-0.05, 0) is 80.0 Å². The first-order chi connectivity index (χ1) is 16.5. The van der Waals surface area contributed by atoms with Crippen molar-refractivity contribution in [2.24, 2.45) is 5.92 Å². The number of aryl methyl sites for hydroxylation is 1. The molecule has 2 aromatic carbocycles. The summed E-state index contributed by atoms with van der Waals surface area (Å²) in [6.07, 6.45) is 7.78. The van der Waals surface area contributed by atoms with E-state index in [4.69, 9.17) is 0 Å². The number of nitrogens with one attached hydrogen (secondary N) is 1. The standard InChI is InChI=1S/C29H28N2O3/c1-19-26(8-5-15-30-19)31-28(34)21-9-11-25-24(16-21)27(33)12-10-22-17-23(32)13-14-29(22,25)18-20-6-3-2-4-7-20/h2-12,15-16,22-23,32H,13-14,17-18H2,1H3,(H,31,34). The number of hydrogen-bond acceptors (Lipinski definition) is 4. The summed E-state index contributed by atoms with van der Waals surface area (Å²) in [5.74, 6) is -0.328. The monoisotopic (exact) mass is 452 g/mol. The fourth-order valence-corrected chi connectivity index (χ4v) is 5.55. The van der Waals surface area contributed by atoms with E-state index in [1.54, 1.807) is 24.4 Å². The molecular formula is C29H28N2O3. The minimum Gasteiger partial charge on any atom is -0.393 e. The van der Waals surface area contributed by atoms with Gasteiger partial charge in [-0.3, -0.25) is 14.6 Å². The van der Waals surface area contributed by atoms with E-state index in [0.29, 0.717) is 29.7 Å². The van der Waals surface area contributed by atoms with Gasteiger partial charge in [-0.1, -0.05) is 42.5 Å². The van der Waals surface area contributed by atoms with Crippen molar-refractivity contribution < 1.29 is 14.7 Å². The summed E-state index contributed by atoms with van der Waals surface area (Å²) < 4.78 is 0. The number of aliphatic hydroxyl groups is 1. The van der Waals surface area contributed by atoms with E-state index in [1.807, 2.05) is 49.4 Å². The number of allylic oxidation sites excluding steroid dienone is 2. The summed E-state index contributed by atoms with van der Waals surface area (Å²) in [5, 5.41) is 13.3. The van der Waals surface area contributed by atoms with Crippen LogP contribution >= 0.6 is 0 Å². The topological polar surface area (TPSA) is 79.3 Å². The van der Waals surface area contributed by atoms with Crippen LogP contribution in [0, 0.1) is 12.8 Å². The molecule has 0 saturated heterocycles. The molecule has 2 N–H and O–H groups in total. The number of amides is 1. The normalized spacial score (nSPS) is 23.5. The van der Waals surface area contributed by atoms with Crippen molar-refractivity contribution >= 4 is 17.4 Å². The Kier molecular flexibility index (Phi) is 5.88. The third kappa shape index (κ3) is 4.08. The lowest BCUT2D eigenvalue weighted by atomic mass is 9.59. The quantitative estimate of drug-likeness (QED) is 0.582. The Balaban J connectivity index is 1.57. The second kappa shape index (κ2) is 8.99. The van der Waals surface area contributed by atoms with Crippen molar-refractivity contribution in [3.8, 4) is 0 Å².